The normalized spacial score (nSPS) is 17.7. The number of rotatable bonds is 4. The average molecular weight is 393 g/mol. The maximum atomic E-state index is 12.9. The summed E-state index contributed by atoms with van der Waals surface area (Å²) in [6.45, 7) is -0.446. The Hall–Kier alpha value is -3.55. The number of imide groups is 1. The van der Waals surface area contributed by atoms with Gasteiger partial charge in [0.2, 0.25) is 5.91 Å². The quantitative estimate of drug-likeness (QED) is 0.452. The molecule has 8 nitrogen and oxygen atoms in total. The van der Waals surface area contributed by atoms with Gasteiger partial charge in [-0.1, -0.05) is 30.3 Å². The minimum atomic E-state index is -0.803. The Morgan fingerprint density at radius 1 is 1.17 bits per heavy atom. The number of benzene rings is 2. The minimum absolute atomic E-state index is 0.0392. The Labute approximate surface area is 166 Å². The molecule has 3 amide bonds. The number of hydrogen-bond acceptors (Lipinski definition) is 5. The molecule has 0 saturated heterocycles. The molecule has 1 heterocycles. The molecule has 2 aliphatic rings. The van der Waals surface area contributed by atoms with Gasteiger partial charge in [-0.2, -0.15) is 0 Å². The Balaban J connectivity index is 1.57. The van der Waals surface area contributed by atoms with E-state index < -0.39 is 29.0 Å². The van der Waals surface area contributed by atoms with Gasteiger partial charge in [0.15, 0.2) is 0 Å². The van der Waals surface area contributed by atoms with E-state index in [1.54, 1.807) is 11.9 Å². The van der Waals surface area contributed by atoms with E-state index in [1.165, 1.54) is 23.8 Å². The van der Waals surface area contributed by atoms with Crippen LogP contribution in [0.2, 0.25) is 0 Å². The van der Waals surface area contributed by atoms with E-state index in [1.807, 2.05) is 24.3 Å². The first-order valence-electron chi connectivity index (χ1n) is 9.37. The van der Waals surface area contributed by atoms with Gasteiger partial charge in [0.25, 0.3) is 17.5 Å². The monoisotopic (exact) mass is 393 g/mol. The van der Waals surface area contributed by atoms with E-state index in [4.69, 9.17) is 0 Å². The third-order valence-electron chi connectivity index (χ3n) is 5.67. The van der Waals surface area contributed by atoms with Crippen molar-refractivity contribution in [2.75, 3.05) is 13.6 Å². The number of nitro groups is 1. The summed E-state index contributed by atoms with van der Waals surface area (Å²) in [7, 11) is 1.66. The average Bonchev–Trinajstić information content (AvgIpc) is 2.97. The molecule has 4 rings (SSSR count). The van der Waals surface area contributed by atoms with Crippen LogP contribution in [0.4, 0.5) is 5.69 Å². The molecule has 0 saturated carbocycles. The first kappa shape index (κ1) is 18.8. The van der Waals surface area contributed by atoms with Crippen LogP contribution in [0.1, 0.15) is 50.7 Å². The highest BCUT2D eigenvalue weighted by Crippen LogP contribution is 2.34. The molecule has 2 aromatic rings. The van der Waals surface area contributed by atoms with Crippen molar-refractivity contribution in [3.63, 3.8) is 0 Å². The number of aryl methyl sites for hydroxylation is 1. The zero-order valence-corrected chi connectivity index (χ0v) is 15.8. The van der Waals surface area contributed by atoms with Crippen molar-refractivity contribution in [2.24, 2.45) is 0 Å². The van der Waals surface area contributed by atoms with Crippen LogP contribution in [0.15, 0.2) is 42.5 Å². The maximum absolute atomic E-state index is 12.9. The van der Waals surface area contributed by atoms with E-state index in [0.29, 0.717) is 0 Å². The van der Waals surface area contributed by atoms with Crippen LogP contribution in [-0.4, -0.2) is 46.0 Å². The van der Waals surface area contributed by atoms with Gasteiger partial charge in [-0.05, 0) is 36.5 Å². The molecule has 1 aliphatic carbocycles. The summed E-state index contributed by atoms with van der Waals surface area (Å²) in [5.41, 5.74) is 1.56. The lowest BCUT2D eigenvalue weighted by molar-refractivity contribution is -0.385. The van der Waals surface area contributed by atoms with Crippen molar-refractivity contribution in [3.05, 3.63) is 74.8 Å². The van der Waals surface area contributed by atoms with Gasteiger partial charge in [0, 0.05) is 13.1 Å². The van der Waals surface area contributed by atoms with Crippen molar-refractivity contribution in [1.82, 2.24) is 9.80 Å². The van der Waals surface area contributed by atoms with Gasteiger partial charge < -0.3 is 4.90 Å². The van der Waals surface area contributed by atoms with Crippen LogP contribution in [0.3, 0.4) is 0 Å². The van der Waals surface area contributed by atoms with Crippen LogP contribution >= 0.6 is 0 Å². The van der Waals surface area contributed by atoms with Gasteiger partial charge in [0.05, 0.1) is 16.5 Å². The summed E-state index contributed by atoms with van der Waals surface area (Å²) < 4.78 is 0. The van der Waals surface area contributed by atoms with Crippen molar-refractivity contribution in [1.29, 1.82) is 0 Å². The smallest absolute Gasteiger partial charge is 0.282 e. The Bertz CT molecular complexity index is 1050. The zero-order chi connectivity index (χ0) is 20.7. The molecule has 0 bridgehead atoms. The van der Waals surface area contributed by atoms with Crippen LogP contribution in [0, 0.1) is 10.1 Å². The van der Waals surface area contributed by atoms with E-state index in [9.17, 15) is 24.5 Å². The summed E-state index contributed by atoms with van der Waals surface area (Å²) in [5, 5.41) is 11.2. The SMILES string of the molecule is CN(C(=O)CN1C(=O)c2cccc([N+](=O)[O-])c2C1=O)C1CCCc2ccccc21. The minimum Gasteiger partial charge on any atom is -0.337 e. The van der Waals surface area contributed by atoms with Crippen molar-refractivity contribution < 1.29 is 19.3 Å². The molecule has 2 aromatic carbocycles. The highest BCUT2D eigenvalue weighted by molar-refractivity contribution is 6.24. The number of amides is 3. The highest BCUT2D eigenvalue weighted by atomic mass is 16.6. The molecule has 1 unspecified atom stereocenters. The van der Waals surface area contributed by atoms with E-state index in [-0.39, 0.29) is 23.1 Å². The number of fused-ring (bicyclic) bond motifs is 2. The lowest BCUT2D eigenvalue weighted by Gasteiger charge is -2.34. The van der Waals surface area contributed by atoms with Crippen molar-refractivity contribution in [3.8, 4) is 0 Å². The second kappa shape index (κ2) is 7.12. The molecule has 0 aromatic heterocycles. The van der Waals surface area contributed by atoms with Gasteiger partial charge >= 0.3 is 0 Å². The summed E-state index contributed by atoms with van der Waals surface area (Å²) in [6, 6.07) is 11.7. The summed E-state index contributed by atoms with van der Waals surface area (Å²) in [4.78, 5) is 51.1. The molecular formula is C21H19N3O5. The van der Waals surface area contributed by atoms with Gasteiger partial charge in [-0.15, -0.1) is 0 Å². The third-order valence-corrected chi connectivity index (χ3v) is 5.67. The topological polar surface area (TPSA) is 101 Å². The van der Waals surface area contributed by atoms with Crippen LogP contribution < -0.4 is 0 Å². The van der Waals surface area contributed by atoms with E-state index in [0.717, 1.165) is 29.7 Å². The lowest BCUT2D eigenvalue weighted by atomic mass is 9.87. The van der Waals surface area contributed by atoms with Crippen LogP contribution in [0.5, 0.6) is 0 Å². The van der Waals surface area contributed by atoms with Gasteiger partial charge in [0.1, 0.15) is 12.1 Å². The summed E-state index contributed by atoms with van der Waals surface area (Å²) in [5.74, 6) is -1.87. The molecule has 0 fully saturated rings. The molecule has 0 N–H and O–H groups in total. The first-order chi connectivity index (χ1) is 13.9. The molecule has 0 radical (unpaired) electrons. The predicted octanol–water partition coefficient (Wildman–Crippen LogP) is 2.73. The number of nitro benzene ring substituents is 1. The predicted molar refractivity (Wildman–Crippen MR) is 103 cm³/mol. The van der Waals surface area contributed by atoms with Crippen LogP contribution in [0.25, 0.3) is 0 Å². The summed E-state index contributed by atoms with van der Waals surface area (Å²) >= 11 is 0. The Morgan fingerprint density at radius 3 is 2.69 bits per heavy atom. The standard InChI is InChI=1S/C21H19N3O5/c1-22(16-10-4-7-13-6-2-3-8-14(13)16)18(25)12-23-20(26)15-9-5-11-17(24(28)29)19(15)21(23)27/h2-3,5-6,8-9,11,16H,4,7,10,12H2,1H3. The number of carbonyl (C=O) groups is 3. The Morgan fingerprint density at radius 2 is 1.93 bits per heavy atom. The fraction of sp³-hybridized carbons (Fsp3) is 0.286. The molecular weight excluding hydrogens is 374 g/mol. The number of nitrogens with zero attached hydrogens (tertiary/aromatic N) is 3. The molecule has 0 spiro atoms. The molecule has 8 heteroatoms. The van der Waals surface area contributed by atoms with Crippen LogP contribution in [-0.2, 0) is 11.2 Å². The number of carbonyl (C=O) groups excluding carboxylic acids is 3. The number of hydrogen-bond donors (Lipinski definition) is 0. The molecule has 29 heavy (non-hydrogen) atoms. The second-order valence-corrected chi connectivity index (χ2v) is 7.26. The Kier molecular flexibility index (Phi) is 4.62. The first-order valence-corrected chi connectivity index (χ1v) is 9.37. The van der Waals surface area contributed by atoms with E-state index >= 15 is 0 Å². The third kappa shape index (κ3) is 3.06. The highest BCUT2D eigenvalue weighted by Gasteiger charge is 2.42. The zero-order valence-electron chi connectivity index (χ0n) is 15.8. The number of likely N-dealkylation sites (N-methyl/N-ethyl adjacent to an activating group) is 1. The van der Waals surface area contributed by atoms with Gasteiger partial charge in [-0.3, -0.25) is 29.4 Å². The summed E-state index contributed by atoms with van der Waals surface area (Å²) in [6.07, 6.45) is 2.70. The fourth-order valence-electron chi connectivity index (χ4n) is 4.16. The van der Waals surface area contributed by atoms with Crippen molar-refractivity contribution >= 4 is 23.4 Å². The second-order valence-electron chi connectivity index (χ2n) is 7.26. The van der Waals surface area contributed by atoms with E-state index in [2.05, 4.69) is 0 Å². The largest absolute Gasteiger partial charge is 0.337 e. The fourth-order valence-corrected chi connectivity index (χ4v) is 4.16. The lowest BCUT2D eigenvalue weighted by Crippen LogP contribution is -2.43. The van der Waals surface area contributed by atoms with Crippen molar-refractivity contribution in [2.45, 2.75) is 25.3 Å². The molecule has 148 valence electrons. The molecule has 1 atom stereocenters. The molecule has 1 aliphatic heterocycles. The van der Waals surface area contributed by atoms with Gasteiger partial charge in [-0.25, -0.2) is 0 Å². The maximum Gasteiger partial charge on any atom is 0.282 e.